The van der Waals surface area contributed by atoms with E-state index in [1.165, 1.54) is 12.9 Å². The topological polar surface area (TPSA) is 27.0 Å². The zero-order valence-corrected chi connectivity index (χ0v) is 9.58. The van der Waals surface area contributed by atoms with Gasteiger partial charge in [0, 0.05) is 5.05 Å². The van der Waals surface area contributed by atoms with Crippen LogP contribution in [0.1, 0.15) is 0 Å². The Hall–Kier alpha value is 0.884. The number of aromatic nitrogens is 2. The van der Waals surface area contributed by atoms with Crippen LogP contribution >= 0.6 is 15.9 Å². The van der Waals surface area contributed by atoms with Gasteiger partial charge in [0.2, 0.25) is 0 Å². The van der Waals surface area contributed by atoms with Gasteiger partial charge in [-0.2, -0.15) is 8.03 Å². The summed E-state index contributed by atoms with van der Waals surface area (Å²) in [6.45, 7) is 6.90. The second-order valence-corrected chi connectivity index (χ2v) is 10.5. The first-order valence-electron chi connectivity index (χ1n) is 2.80. The summed E-state index contributed by atoms with van der Waals surface area (Å²) in [6.07, 6.45) is 0. The predicted octanol–water partition coefficient (Wildman–Crippen LogP) is -1.25. The molecule has 1 heterocycles. The summed E-state index contributed by atoms with van der Waals surface area (Å²) >= 11 is 0. The van der Waals surface area contributed by atoms with Crippen LogP contribution in [-0.4, -0.2) is 13.2 Å². The van der Waals surface area contributed by atoms with Gasteiger partial charge in [-0.05, 0) is 7.87 Å². The molecule has 50 valence electrons. The van der Waals surface area contributed by atoms with E-state index in [-0.39, 0.29) is 18.9 Å². The minimum absolute atomic E-state index is 0. The molecule has 0 atom stereocenters. The van der Waals surface area contributed by atoms with E-state index in [2.05, 4.69) is 29.6 Å². The van der Waals surface area contributed by atoms with E-state index in [0.29, 0.717) is 0 Å². The van der Waals surface area contributed by atoms with Crippen LogP contribution in [0, 0.1) is 0 Å². The molecule has 0 aromatic carbocycles. The maximum absolute atomic E-state index is 4.09. The molecule has 10 heavy (non-hydrogen) atoms. The molecule has 0 N–H and O–H groups in total. The van der Waals surface area contributed by atoms with E-state index in [1.54, 1.807) is 0 Å². The van der Waals surface area contributed by atoms with Crippen molar-refractivity contribution in [3.05, 3.63) is 0 Å². The van der Waals surface area contributed by atoms with Gasteiger partial charge in [-0.15, -0.1) is 0 Å². The Morgan fingerprint density at radius 1 is 1.40 bits per heavy atom. The molecule has 0 saturated heterocycles. The second-order valence-electron chi connectivity index (χ2n) is 2.95. The summed E-state index contributed by atoms with van der Waals surface area (Å²) in [5, 5.41) is 5.42. The van der Waals surface area contributed by atoms with Crippen LogP contribution in [0.15, 0.2) is 0 Å². The summed E-state index contributed by atoms with van der Waals surface area (Å²) in [7, 11) is 1.34. The Labute approximate surface area is 77.5 Å². The maximum atomic E-state index is 4.09. The van der Waals surface area contributed by atoms with Crippen LogP contribution < -0.4 is 28.8 Å². The van der Waals surface area contributed by atoms with Crippen molar-refractivity contribution in [3.63, 3.8) is 0 Å². The van der Waals surface area contributed by atoms with Crippen LogP contribution in [0.3, 0.4) is 0 Å². The standard InChI is InChI=1S/C4H9N2P2Si.Li/c1-9(2,3)4-5-6-8-7-4;/h1-3H3;/q-1;+1. The van der Waals surface area contributed by atoms with E-state index < -0.39 is 8.07 Å². The van der Waals surface area contributed by atoms with E-state index in [4.69, 9.17) is 0 Å². The predicted molar refractivity (Wildman–Crippen MR) is 45.6 cm³/mol. The average Bonchev–Trinajstić information content (AvgIpc) is 2.08. The maximum Gasteiger partial charge on any atom is 1.00 e. The molecule has 0 spiro atoms. The Morgan fingerprint density at radius 3 is 2.20 bits per heavy atom. The van der Waals surface area contributed by atoms with Crippen LogP contribution in [0.25, 0.3) is 0 Å². The largest absolute Gasteiger partial charge is 1.00 e. The fourth-order valence-corrected chi connectivity index (χ4v) is 6.20. The zero-order valence-electron chi connectivity index (χ0n) is 6.79. The van der Waals surface area contributed by atoms with Crippen LogP contribution in [-0.2, 0) is 0 Å². The Kier molecular flexibility index (Phi) is 4.40. The van der Waals surface area contributed by atoms with Crippen LogP contribution in [0.2, 0.25) is 19.6 Å². The smallest absolute Gasteiger partial charge is 0.551 e. The first kappa shape index (κ1) is 10.9. The summed E-state index contributed by atoms with van der Waals surface area (Å²) in [5.41, 5.74) is 0. The van der Waals surface area contributed by atoms with Crippen molar-refractivity contribution >= 4 is 29.0 Å². The van der Waals surface area contributed by atoms with Gasteiger partial charge in [-0.25, -0.2) is 0 Å². The van der Waals surface area contributed by atoms with E-state index in [0.717, 1.165) is 8.03 Å². The molecule has 0 bridgehead atoms. The fourth-order valence-electron chi connectivity index (χ4n) is 0.445. The number of hydrogen-bond donors (Lipinski definition) is 0. The molecule has 0 fully saturated rings. The normalized spacial score (nSPS) is 12.3. The monoisotopic (exact) mass is 182 g/mol. The number of rotatable bonds is 1. The Morgan fingerprint density at radius 2 is 2.00 bits per heavy atom. The first-order valence-corrected chi connectivity index (χ1v) is 8.74. The van der Waals surface area contributed by atoms with Gasteiger partial charge < -0.3 is 9.96 Å². The zero-order chi connectivity index (χ0) is 6.91. The molecule has 0 aliphatic heterocycles. The number of nitrogens with zero attached hydrogens (tertiary/aromatic N) is 2. The molecular weight excluding hydrogens is 173 g/mol. The molecular formula is C4H9LiN2P2Si. The quantitative estimate of drug-likeness (QED) is 0.507. The van der Waals surface area contributed by atoms with Gasteiger partial charge in [0.15, 0.2) is 0 Å². The van der Waals surface area contributed by atoms with Gasteiger partial charge in [0.05, 0.1) is 0 Å². The van der Waals surface area contributed by atoms with Gasteiger partial charge in [0.1, 0.15) is 8.07 Å². The molecule has 0 unspecified atom stereocenters. The molecule has 0 amide bonds. The minimum atomic E-state index is -1.09. The van der Waals surface area contributed by atoms with Crippen molar-refractivity contribution in [2.24, 2.45) is 0 Å². The molecule has 0 saturated carbocycles. The van der Waals surface area contributed by atoms with E-state index >= 15 is 0 Å². The van der Waals surface area contributed by atoms with Crippen molar-refractivity contribution in [2.75, 3.05) is 0 Å². The molecule has 1 aromatic heterocycles. The first-order chi connectivity index (χ1) is 4.11. The van der Waals surface area contributed by atoms with Gasteiger partial charge >= 0.3 is 18.9 Å². The third kappa shape index (κ3) is 2.86. The van der Waals surface area contributed by atoms with Crippen molar-refractivity contribution in [1.29, 1.82) is 0 Å². The molecule has 1 rings (SSSR count). The third-order valence-electron chi connectivity index (χ3n) is 0.990. The van der Waals surface area contributed by atoms with Crippen molar-refractivity contribution in [1.82, 2.24) is 9.96 Å². The van der Waals surface area contributed by atoms with Gasteiger partial charge in [-0.3, -0.25) is 0 Å². The number of hydrogen-bond acceptors (Lipinski definition) is 1. The van der Waals surface area contributed by atoms with Crippen molar-refractivity contribution < 1.29 is 18.9 Å². The summed E-state index contributed by atoms with van der Waals surface area (Å²) in [6, 6.07) is 0. The van der Waals surface area contributed by atoms with Crippen molar-refractivity contribution in [2.45, 2.75) is 19.6 Å². The summed E-state index contributed by atoms with van der Waals surface area (Å²) in [5.74, 6) is 0. The molecule has 6 heteroatoms. The van der Waals surface area contributed by atoms with E-state index in [1.807, 2.05) is 0 Å². The SMILES string of the molecule is C[Si](C)(C)c1n[n-]pp1.[Li+]. The summed E-state index contributed by atoms with van der Waals surface area (Å²) < 4.78 is 0. The minimum Gasteiger partial charge on any atom is -0.551 e. The van der Waals surface area contributed by atoms with Crippen LogP contribution in [0.5, 0.6) is 0 Å². The molecule has 1 aromatic rings. The van der Waals surface area contributed by atoms with Crippen LogP contribution in [0.4, 0.5) is 0 Å². The van der Waals surface area contributed by atoms with Gasteiger partial charge in [-0.1, -0.05) is 19.6 Å². The third-order valence-corrected chi connectivity index (χ3v) is 6.96. The molecule has 0 aliphatic rings. The molecule has 0 radical (unpaired) electrons. The molecule has 2 nitrogen and oxygen atoms in total. The molecule has 0 aliphatic carbocycles. The Balaban J connectivity index is 0.000000810. The van der Waals surface area contributed by atoms with E-state index in [9.17, 15) is 0 Å². The second kappa shape index (κ2) is 4.05. The van der Waals surface area contributed by atoms with Gasteiger partial charge in [0.25, 0.3) is 0 Å². The summed E-state index contributed by atoms with van der Waals surface area (Å²) in [4.78, 5) is 3.91. The fraction of sp³-hybridized carbons (Fsp3) is 0.750. The van der Waals surface area contributed by atoms with Crippen molar-refractivity contribution in [3.8, 4) is 0 Å². The Bertz CT molecular complexity index is 184. The average molecular weight is 182 g/mol.